The molecule has 0 fully saturated rings. The highest BCUT2D eigenvalue weighted by Gasteiger charge is 2.20. The van der Waals surface area contributed by atoms with Crippen molar-refractivity contribution in [3.63, 3.8) is 0 Å². The second-order valence-electron chi connectivity index (χ2n) is 24.9. The Morgan fingerprint density at radius 2 is 0.633 bits per heavy atom. The first kappa shape index (κ1) is 77.3. The molecule has 0 aliphatic carbocycles. The van der Waals surface area contributed by atoms with Gasteiger partial charge in [-0.15, -0.1) is 0 Å². The maximum atomic E-state index is 12.5. The van der Waals surface area contributed by atoms with E-state index in [1.165, 1.54) is 327 Å². The molecule has 79 heavy (non-hydrogen) atoms. The van der Waals surface area contributed by atoms with Gasteiger partial charge in [-0.2, -0.15) is 0 Å². The average Bonchev–Trinajstić information content (AvgIpc) is 3.45. The summed E-state index contributed by atoms with van der Waals surface area (Å²) >= 11 is 0. The molecule has 468 valence electrons. The van der Waals surface area contributed by atoms with Crippen LogP contribution in [0.4, 0.5) is 0 Å². The monoisotopic (exact) mass is 1110 g/mol. The number of amides is 1. The summed E-state index contributed by atoms with van der Waals surface area (Å²) in [6.07, 6.45) is 86.6. The Labute approximate surface area is 494 Å². The smallest absolute Gasteiger partial charge is 0.305 e. The molecule has 0 aliphatic heterocycles. The van der Waals surface area contributed by atoms with Gasteiger partial charge in [-0.05, 0) is 57.8 Å². The number of ether oxygens (including phenoxy) is 1. The van der Waals surface area contributed by atoms with Crippen LogP contribution < -0.4 is 5.32 Å². The van der Waals surface area contributed by atoms with Crippen molar-refractivity contribution in [2.24, 2.45) is 0 Å². The van der Waals surface area contributed by atoms with Crippen LogP contribution in [0.15, 0.2) is 24.3 Å². The molecule has 0 aromatic heterocycles. The number of hydrogen-bond acceptors (Lipinski definition) is 5. The summed E-state index contributed by atoms with van der Waals surface area (Å²) in [4.78, 5) is 24.6. The van der Waals surface area contributed by atoms with Crippen molar-refractivity contribution in [1.82, 2.24) is 5.32 Å². The summed E-state index contributed by atoms with van der Waals surface area (Å²) in [5.41, 5.74) is 0. The maximum Gasteiger partial charge on any atom is 0.305 e. The number of hydrogen-bond donors (Lipinski definition) is 3. The van der Waals surface area contributed by atoms with Gasteiger partial charge in [0.1, 0.15) is 0 Å². The minimum absolute atomic E-state index is 0.0143. The Hall–Kier alpha value is -1.66. The zero-order valence-corrected chi connectivity index (χ0v) is 53.6. The van der Waals surface area contributed by atoms with E-state index < -0.39 is 12.1 Å². The van der Waals surface area contributed by atoms with E-state index in [9.17, 15) is 19.8 Å². The van der Waals surface area contributed by atoms with Crippen molar-refractivity contribution >= 4 is 11.9 Å². The first-order valence-corrected chi connectivity index (χ1v) is 36.1. The summed E-state index contributed by atoms with van der Waals surface area (Å²) < 4.78 is 5.48. The van der Waals surface area contributed by atoms with Crippen molar-refractivity contribution in [2.45, 2.75) is 418 Å². The van der Waals surface area contributed by atoms with Gasteiger partial charge in [0, 0.05) is 12.8 Å². The molecular weight excluding hydrogens is 971 g/mol. The van der Waals surface area contributed by atoms with Crippen molar-refractivity contribution in [3.8, 4) is 0 Å². The molecule has 2 unspecified atom stereocenters. The Balaban J connectivity index is 3.40. The van der Waals surface area contributed by atoms with Crippen molar-refractivity contribution < 1.29 is 24.5 Å². The van der Waals surface area contributed by atoms with E-state index >= 15 is 0 Å². The first-order chi connectivity index (χ1) is 39.0. The third-order valence-corrected chi connectivity index (χ3v) is 17.0. The number of nitrogens with one attached hydrogen (secondary N) is 1. The lowest BCUT2D eigenvalue weighted by molar-refractivity contribution is -0.143. The highest BCUT2D eigenvalue weighted by atomic mass is 16.5. The van der Waals surface area contributed by atoms with Gasteiger partial charge < -0.3 is 20.3 Å². The number of aliphatic hydroxyl groups excluding tert-OH is 2. The van der Waals surface area contributed by atoms with Gasteiger partial charge in [0.2, 0.25) is 5.91 Å². The van der Waals surface area contributed by atoms with Gasteiger partial charge in [-0.3, -0.25) is 9.59 Å². The van der Waals surface area contributed by atoms with Crippen molar-refractivity contribution in [1.29, 1.82) is 0 Å². The Morgan fingerprint density at radius 1 is 0.354 bits per heavy atom. The summed E-state index contributed by atoms with van der Waals surface area (Å²) in [5, 5.41) is 23.4. The van der Waals surface area contributed by atoms with E-state index in [0.717, 1.165) is 44.9 Å². The number of carbonyl (C=O) groups is 2. The molecule has 0 aliphatic rings. The molecule has 6 nitrogen and oxygen atoms in total. The zero-order valence-electron chi connectivity index (χ0n) is 53.6. The van der Waals surface area contributed by atoms with Crippen LogP contribution >= 0.6 is 0 Å². The fraction of sp³-hybridized carbons (Fsp3) is 0.918. The van der Waals surface area contributed by atoms with Crippen molar-refractivity contribution in [2.75, 3.05) is 13.2 Å². The molecule has 0 rings (SSSR count). The molecule has 0 aromatic carbocycles. The van der Waals surface area contributed by atoms with Gasteiger partial charge in [-0.1, -0.05) is 359 Å². The molecule has 0 bridgehead atoms. The lowest BCUT2D eigenvalue weighted by Gasteiger charge is -2.22. The van der Waals surface area contributed by atoms with Crippen LogP contribution in [0, 0.1) is 0 Å². The predicted molar refractivity (Wildman–Crippen MR) is 347 cm³/mol. The van der Waals surface area contributed by atoms with Gasteiger partial charge in [0.15, 0.2) is 0 Å². The molecule has 0 heterocycles. The Kier molecular flexibility index (Phi) is 67.4. The van der Waals surface area contributed by atoms with Crippen LogP contribution in [0.2, 0.25) is 0 Å². The molecular formula is C73H141NO5. The molecule has 2 atom stereocenters. The second-order valence-corrected chi connectivity index (χ2v) is 24.9. The number of rotatable bonds is 68. The Bertz CT molecular complexity index is 1230. The van der Waals surface area contributed by atoms with E-state index in [1.807, 2.05) is 0 Å². The minimum atomic E-state index is -0.666. The Morgan fingerprint density at radius 3 is 0.962 bits per heavy atom. The molecule has 0 radical (unpaired) electrons. The highest BCUT2D eigenvalue weighted by molar-refractivity contribution is 5.76. The number of allylic oxidation sites excluding steroid dienone is 4. The third-order valence-electron chi connectivity index (χ3n) is 17.0. The molecule has 0 saturated carbocycles. The highest BCUT2D eigenvalue weighted by Crippen LogP contribution is 2.19. The summed E-state index contributed by atoms with van der Waals surface area (Å²) in [6.45, 7) is 4.99. The topological polar surface area (TPSA) is 95.9 Å². The fourth-order valence-electron chi connectivity index (χ4n) is 11.5. The van der Waals surface area contributed by atoms with Crippen LogP contribution in [-0.4, -0.2) is 47.4 Å². The first-order valence-electron chi connectivity index (χ1n) is 36.1. The van der Waals surface area contributed by atoms with Gasteiger partial charge in [0.25, 0.3) is 0 Å². The van der Waals surface area contributed by atoms with Crippen LogP contribution in [-0.2, 0) is 14.3 Å². The van der Waals surface area contributed by atoms with Crippen LogP contribution in [0.5, 0.6) is 0 Å². The third kappa shape index (κ3) is 65.4. The number of esters is 1. The normalized spacial score (nSPS) is 12.6. The molecule has 3 N–H and O–H groups in total. The van der Waals surface area contributed by atoms with E-state index in [4.69, 9.17) is 4.74 Å². The minimum Gasteiger partial charge on any atom is -0.466 e. The lowest BCUT2D eigenvalue weighted by Crippen LogP contribution is -2.45. The fourth-order valence-corrected chi connectivity index (χ4v) is 11.5. The second kappa shape index (κ2) is 68.8. The van der Waals surface area contributed by atoms with E-state index in [1.54, 1.807) is 0 Å². The van der Waals surface area contributed by atoms with Crippen LogP contribution in [0.3, 0.4) is 0 Å². The van der Waals surface area contributed by atoms with E-state index in [2.05, 4.69) is 43.5 Å². The predicted octanol–water partition coefficient (Wildman–Crippen LogP) is 23.3. The average molecular weight is 1110 g/mol. The molecule has 0 spiro atoms. The van der Waals surface area contributed by atoms with Crippen LogP contribution in [0.1, 0.15) is 406 Å². The number of unbranched alkanes of at least 4 members (excludes halogenated alkanes) is 53. The number of carbonyl (C=O) groups excluding carboxylic acids is 2. The van der Waals surface area contributed by atoms with Gasteiger partial charge in [0.05, 0.1) is 25.4 Å². The molecule has 6 heteroatoms. The zero-order chi connectivity index (χ0) is 57.1. The largest absolute Gasteiger partial charge is 0.466 e. The van der Waals surface area contributed by atoms with Crippen LogP contribution in [0.25, 0.3) is 0 Å². The summed E-state index contributed by atoms with van der Waals surface area (Å²) in [6, 6.07) is -0.543. The van der Waals surface area contributed by atoms with Crippen molar-refractivity contribution in [3.05, 3.63) is 24.3 Å². The molecule has 0 aromatic rings. The molecule has 1 amide bonds. The standard InChI is InChI=1S/C73H141NO5/c1-3-5-7-9-11-13-15-17-18-19-20-32-35-38-42-45-49-53-57-61-65-71(76)70(69-75)74-72(77)66-62-58-54-50-46-43-39-36-33-30-28-26-24-22-21-23-25-27-29-31-34-37-40-44-48-52-56-60-64-68-79-73(78)67-63-59-55-51-47-41-16-14-12-10-8-6-4-2/h21,23,27,29,70-71,75-76H,3-20,22,24-26,28,30-69H2,1-2H3,(H,74,77)/b23-21-,29-27-. The SMILES string of the molecule is CCCCCCCCCCCCCCCCCCCCCCC(O)C(CO)NC(=O)CCCCCCCCCCCCCCC/C=C\C/C=C\CCCCCCCCCCCOC(=O)CCCCCCCCCCCCCCC. The summed E-state index contributed by atoms with van der Waals surface area (Å²) in [5.74, 6) is -0.0173. The van der Waals surface area contributed by atoms with Gasteiger partial charge in [-0.25, -0.2) is 0 Å². The van der Waals surface area contributed by atoms with E-state index in [0.29, 0.717) is 25.9 Å². The van der Waals surface area contributed by atoms with E-state index in [-0.39, 0.29) is 18.5 Å². The summed E-state index contributed by atoms with van der Waals surface area (Å²) in [7, 11) is 0. The quantitative estimate of drug-likeness (QED) is 0.0320. The lowest BCUT2D eigenvalue weighted by atomic mass is 10.0. The molecule has 0 saturated heterocycles. The maximum absolute atomic E-state index is 12.5. The van der Waals surface area contributed by atoms with Gasteiger partial charge >= 0.3 is 5.97 Å². The number of aliphatic hydroxyl groups is 2.